The summed E-state index contributed by atoms with van der Waals surface area (Å²) < 4.78 is 4.99. The second kappa shape index (κ2) is 8.07. The van der Waals surface area contributed by atoms with Gasteiger partial charge in [-0.25, -0.2) is 0 Å². The van der Waals surface area contributed by atoms with Crippen molar-refractivity contribution in [2.75, 3.05) is 13.1 Å². The highest BCUT2D eigenvalue weighted by Gasteiger charge is 2.25. The molecule has 1 aliphatic rings. The van der Waals surface area contributed by atoms with Crippen molar-refractivity contribution in [1.82, 2.24) is 15.2 Å². The van der Waals surface area contributed by atoms with Crippen molar-refractivity contribution in [2.45, 2.75) is 39.2 Å². The van der Waals surface area contributed by atoms with Crippen LogP contribution in [0.2, 0.25) is 0 Å². The average Bonchev–Trinajstić information content (AvgIpc) is 3.26. The van der Waals surface area contributed by atoms with Crippen molar-refractivity contribution >= 4 is 22.7 Å². The molecule has 0 spiro atoms. The Labute approximate surface area is 169 Å². The number of benzene rings is 1. The van der Waals surface area contributed by atoms with Gasteiger partial charge in [-0.1, -0.05) is 18.2 Å². The Bertz CT molecular complexity index is 1030. The summed E-state index contributed by atoms with van der Waals surface area (Å²) in [5, 5.41) is 4.23. The minimum Gasteiger partial charge on any atom is -0.472 e. The standard InChI is InChI=1S/C23H25N3O3/c1-15-19-5-3-4-6-21(19)24-16(2)20(15)13-22(27)25-18-7-10-26(11-8-18)23(28)17-9-12-29-14-17/h3-6,9,12,14,18H,7-8,10-11,13H2,1-2H3,(H,25,27). The zero-order chi connectivity index (χ0) is 20.4. The third-order valence-electron chi connectivity index (χ3n) is 5.74. The molecule has 29 heavy (non-hydrogen) atoms. The van der Waals surface area contributed by atoms with Crippen LogP contribution in [0.15, 0.2) is 47.3 Å². The van der Waals surface area contributed by atoms with Crippen molar-refractivity contribution in [1.29, 1.82) is 0 Å². The minimum absolute atomic E-state index is 0.00731. The summed E-state index contributed by atoms with van der Waals surface area (Å²) in [6, 6.07) is 9.78. The van der Waals surface area contributed by atoms with Crippen LogP contribution in [0.1, 0.15) is 40.0 Å². The highest BCUT2D eigenvalue weighted by atomic mass is 16.3. The molecule has 0 aliphatic carbocycles. The van der Waals surface area contributed by atoms with Gasteiger partial charge in [0.2, 0.25) is 5.91 Å². The molecule has 3 heterocycles. The highest BCUT2D eigenvalue weighted by molar-refractivity contribution is 5.94. The van der Waals surface area contributed by atoms with Crippen molar-refractivity contribution in [3.63, 3.8) is 0 Å². The van der Waals surface area contributed by atoms with Crippen LogP contribution >= 0.6 is 0 Å². The van der Waals surface area contributed by atoms with E-state index in [1.54, 1.807) is 6.07 Å². The second-order valence-electron chi connectivity index (χ2n) is 7.64. The Hall–Kier alpha value is -3.15. The summed E-state index contributed by atoms with van der Waals surface area (Å²) in [4.78, 5) is 31.5. The molecule has 6 heteroatoms. The molecule has 1 fully saturated rings. The van der Waals surface area contributed by atoms with Crippen molar-refractivity contribution in [3.05, 3.63) is 65.2 Å². The van der Waals surface area contributed by atoms with E-state index >= 15 is 0 Å². The van der Waals surface area contributed by atoms with E-state index in [4.69, 9.17) is 4.42 Å². The molecule has 0 unspecified atom stereocenters. The molecule has 1 saturated heterocycles. The number of nitrogens with one attached hydrogen (secondary N) is 1. The Morgan fingerprint density at radius 1 is 1.17 bits per heavy atom. The SMILES string of the molecule is Cc1nc2ccccc2c(C)c1CC(=O)NC1CCN(C(=O)c2ccoc2)CC1. The Balaban J connectivity index is 1.36. The van der Waals surface area contributed by atoms with Gasteiger partial charge in [-0.15, -0.1) is 0 Å². The summed E-state index contributed by atoms with van der Waals surface area (Å²) >= 11 is 0. The predicted octanol–water partition coefficient (Wildman–Crippen LogP) is 3.41. The molecule has 2 aromatic heterocycles. The number of pyridine rings is 1. The molecule has 1 aliphatic heterocycles. The van der Waals surface area contributed by atoms with Crippen LogP contribution < -0.4 is 5.32 Å². The molecular weight excluding hydrogens is 366 g/mol. The lowest BCUT2D eigenvalue weighted by Crippen LogP contribution is -2.46. The van der Waals surface area contributed by atoms with Crippen molar-refractivity contribution < 1.29 is 14.0 Å². The van der Waals surface area contributed by atoms with Crippen LogP contribution in [-0.4, -0.2) is 40.8 Å². The lowest BCUT2D eigenvalue weighted by atomic mass is 9.98. The smallest absolute Gasteiger partial charge is 0.257 e. The number of piperidine rings is 1. The molecule has 0 radical (unpaired) electrons. The first kappa shape index (κ1) is 19.2. The van der Waals surface area contributed by atoms with E-state index in [0.717, 1.165) is 40.6 Å². The van der Waals surface area contributed by atoms with Gasteiger partial charge in [-0.3, -0.25) is 14.6 Å². The topological polar surface area (TPSA) is 75.4 Å². The lowest BCUT2D eigenvalue weighted by molar-refractivity contribution is -0.121. The Morgan fingerprint density at radius 2 is 1.93 bits per heavy atom. The number of likely N-dealkylation sites (tertiary alicyclic amines) is 1. The van der Waals surface area contributed by atoms with Crippen LogP contribution in [0.3, 0.4) is 0 Å². The van der Waals surface area contributed by atoms with Gasteiger partial charge in [0, 0.05) is 30.2 Å². The average molecular weight is 391 g/mol. The molecule has 0 bridgehead atoms. The van der Waals surface area contributed by atoms with Crippen LogP contribution in [-0.2, 0) is 11.2 Å². The van der Waals surface area contributed by atoms with E-state index in [1.807, 2.05) is 36.1 Å². The zero-order valence-corrected chi connectivity index (χ0v) is 16.8. The van der Waals surface area contributed by atoms with Gasteiger partial charge < -0.3 is 14.6 Å². The normalized spacial score (nSPS) is 14.9. The largest absolute Gasteiger partial charge is 0.472 e. The molecule has 2 amide bonds. The summed E-state index contributed by atoms with van der Waals surface area (Å²) in [7, 11) is 0. The first-order valence-corrected chi connectivity index (χ1v) is 9.98. The number of nitrogens with zero attached hydrogens (tertiary/aromatic N) is 2. The summed E-state index contributed by atoms with van der Waals surface area (Å²) in [5.41, 5.74) is 4.54. The van der Waals surface area contributed by atoms with E-state index in [9.17, 15) is 9.59 Å². The molecule has 1 N–H and O–H groups in total. The summed E-state index contributed by atoms with van der Waals surface area (Å²) in [6.45, 7) is 5.27. The van der Waals surface area contributed by atoms with Crippen LogP contribution in [0.4, 0.5) is 0 Å². The highest BCUT2D eigenvalue weighted by Crippen LogP contribution is 2.23. The number of carbonyl (C=O) groups is 2. The molecule has 3 aromatic rings. The molecule has 0 saturated carbocycles. The third kappa shape index (κ3) is 4.01. The number of furan rings is 1. The number of carbonyl (C=O) groups excluding carboxylic acids is 2. The maximum Gasteiger partial charge on any atom is 0.257 e. The number of aryl methyl sites for hydroxylation is 2. The van der Waals surface area contributed by atoms with Gasteiger partial charge in [0.1, 0.15) is 6.26 Å². The molecule has 4 rings (SSSR count). The fourth-order valence-corrected chi connectivity index (χ4v) is 4.07. The van der Waals surface area contributed by atoms with Gasteiger partial charge in [-0.2, -0.15) is 0 Å². The third-order valence-corrected chi connectivity index (χ3v) is 5.74. The molecular formula is C23H25N3O3. The fraction of sp³-hybridized carbons (Fsp3) is 0.348. The number of amides is 2. The van der Waals surface area contributed by atoms with Gasteiger partial charge in [0.05, 0.1) is 23.8 Å². The number of aromatic nitrogens is 1. The van der Waals surface area contributed by atoms with Crippen molar-refractivity contribution in [3.8, 4) is 0 Å². The van der Waals surface area contributed by atoms with Gasteiger partial charge >= 0.3 is 0 Å². The van der Waals surface area contributed by atoms with Crippen LogP contribution in [0, 0.1) is 13.8 Å². The molecule has 150 valence electrons. The molecule has 6 nitrogen and oxygen atoms in total. The number of fused-ring (bicyclic) bond motifs is 1. The Kier molecular flexibility index (Phi) is 5.34. The first-order valence-electron chi connectivity index (χ1n) is 9.98. The second-order valence-corrected chi connectivity index (χ2v) is 7.64. The van der Waals surface area contributed by atoms with E-state index in [1.165, 1.54) is 12.5 Å². The van der Waals surface area contributed by atoms with E-state index in [2.05, 4.69) is 17.2 Å². The number of para-hydroxylation sites is 1. The van der Waals surface area contributed by atoms with E-state index in [-0.39, 0.29) is 17.9 Å². The van der Waals surface area contributed by atoms with Crippen LogP contribution in [0.5, 0.6) is 0 Å². The fourth-order valence-electron chi connectivity index (χ4n) is 4.07. The van der Waals surface area contributed by atoms with Crippen molar-refractivity contribution in [2.24, 2.45) is 0 Å². The molecule has 1 aromatic carbocycles. The van der Waals surface area contributed by atoms with Gasteiger partial charge in [0.15, 0.2) is 0 Å². The van der Waals surface area contributed by atoms with Gasteiger partial charge in [0.25, 0.3) is 5.91 Å². The van der Waals surface area contributed by atoms with Crippen LogP contribution in [0.25, 0.3) is 10.9 Å². The Morgan fingerprint density at radius 3 is 2.66 bits per heavy atom. The number of rotatable bonds is 4. The number of hydrogen-bond acceptors (Lipinski definition) is 4. The summed E-state index contributed by atoms with van der Waals surface area (Å²) in [6.07, 6.45) is 4.81. The zero-order valence-electron chi connectivity index (χ0n) is 16.8. The minimum atomic E-state index is -0.0167. The van der Waals surface area contributed by atoms with E-state index in [0.29, 0.717) is 25.1 Å². The van der Waals surface area contributed by atoms with E-state index < -0.39 is 0 Å². The monoisotopic (exact) mass is 391 g/mol. The maximum absolute atomic E-state index is 12.7. The van der Waals surface area contributed by atoms with Gasteiger partial charge in [-0.05, 0) is 49.9 Å². The maximum atomic E-state index is 12.7. The number of hydrogen-bond donors (Lipinski definition) is 1. The summed E-state index contributed by atoms with van der Waals surface area (Å²) in [5.74, 6) is -0.00935. The predicted molar refractivity (Wildman–Crippen MR) is 111 cm³/mol. The quantitative estimate of drug-likeness (QED) is 0.740. The lowest BCUT2D eigenvalue weighted by Gasteiger charge is -2.32. The molecule has 0 atom stereocenters. The first-order chi connectivity index (χ1) is 14.0.